The summed E-state index contributed by atoms with van der Waals surface area (Å²) in [6.45, 7) is 5.93. The summed E-state index contributed by atoms with van der Waals surface area (Å²) >= 11 is 0. The van der Waals surface area contributed by atoms with Gasteiger partial charge in [0.1, 0.15) is 17.2 Å². The molecular weight excluding hydrogens is 328 g/mol. The smallest absolute Gasteiger partial charge is 0.203 e. The van der Waals surface area contributed by atoms with Crippen molar-refractivity contribution in [3.05, 3.63) is 52.6 Å². The Morgan fingerprint density at radius 3 is 2.27 bits per heavy atom. The van der Waals surface area contributed by atoms with Gasteiger partial charge in [-0.3, -0.25) is 4.79 Å². The lowest BCUT2D eigenvalue weighted by Gasteiger charge is -2.11. The number of aryl methyl sites for hydroxylation is 3. The summed E-state index contributed by atoms with van der Waals surface area (Å²) in [6.07, 6.45) is 4.99. The van der Waals surface area contributed by atoms with Gasteiger partial charge >= 0.3 is 0 Å². The van der Waals surface area contributed by atoms with E-state index in [2.05, 4.69) is 6.92 Å². The summed E-state index contributed by atoms with van der Waals surface area (Å²) < 4.78 is 5.60. The Hall–Kier alpha value is -2.49. The van der Waals surface area contributed by atoms with Crippen molar-refractivity contribution in [3.8, 4) is 17.2 Å². The molecule has 0 atom stereocenters. The number of phenolic OH excluding ortho intramolecular Hbond substituents is 2. The van der Waals surface area contributed by atoms with Crippen LogP contribution in [0.3, 0.4) is 0 Å². The minimum atomic E-state index is -0.309. The van der Waals surface area contributed by atoms with Gasteiger partial charge < -0.3 is 14.9 Å². The van der Waals surface area contributed by atoms with Gasteiger partial charge in [0.15, 0.2) is 6.61 Å². The maximum absolute atomic E-state index is 12.5. The fourth-order valence-electron chi connectivity index (χ4n) is 3.03. The predicted octanol–water partition coefficient (Wildman–Crippen LogP) is 5.10. The van der Waals surface area contributed by atoms with Crippen molar-refractivity contribution >= 4 is 5.78 Å². The Morgan fingerprint density at radius 1 is 0.923 bits per heavy atom. The number of aromatic hydroxyl groups is 2. The SMILES string of the molecule is CCCCCCc1cc(C(=O)COc2cc(C)cc(C)c2)c(O)cc1O. The zero-order chi connectivity index (χ0) is 19.1. The average molecular weight is 356 g/mol. The number of phenols is 2. The molecule has 2 N–H and O–H groups in total. The summed E-state index contributed by atoms with van der Waals surface area (Å²) in [6, 6.07) is 8.61. The second kappa shape index (κ2) is 9.27. The molecule has 2 aromatic rings. The minimum absolute atomic E-state index is 0.0331. The third kappa shape index (κ3) is 5.51. The first-order valence-corrected chi connectivity index (χ1v) is 9.20. The third-order valence-corrected chi connectivity index (χ3v) is 4.36. The number of hydrogen-bond acceptors (Lipinski definition) is 4. The van der Waals surface area contributed by atoms with E-state index in [-0.39, 0.29) is 29.5 Å². The Labute approximate surface area is 155 Å². The first-order chi connectivity index (χ1) is 12.4. The molecule has 140 valence electrons. The molecule has 0 saturated heterocycles. The lowest BCUT2D eigenvalue weighted by Crippen LogP contribution is -2.12. The molecule has 26 heavy (non-hydrogen) atoms. The molecule has 0 unspecified atom stereocenters. The van der Waals surface area contributed by atoms with Gasteiger partial charge in [0.25, 0.3) is 0 Å². The molecule has 2 aromatic carbocycles. The molecule has 0 aromatic heterocycles. The standard InChI is InChI=1S/C22H28O4/c1-4-5-6-7-8-17-12-19(21(24)13-20(17)23)22(25)14-26-18-10-15(2)9-16(3)11-18/h9-13,23-24H,4-8,14H2,1-3H3. The number of carbonyl (C=O) groups excluding carboxylic acids is 1. The number of Topliss-reactive ketones (excluding diaryl/α,β-unsaturated/α-hetero) is 1. The molecule has 4 nitrogen and oxygen atoms in total. The van der Waals surface area contributed by atoms with E-state index in [4.69, 9.17) is 4.74 Å². The highest BCUT2D eigenvalue weighted by Gasteiger charge is 2.16. The summed E-state index contributed by atoms with van der Waals surface area (Å²) in [7, 11) is 0. The maximum atomic E-state index is 12.5. The van der Waals surface area contributed by atoms with Crippen LogP contribution in [0.5, 0.6) is 17.2 Å². The fourth-order valence-corrected chi connectivity index (χ4v) is 3.03. The fraction of sp³-hybridized carbons (Fsp3) is 0.409. The van der Waals surface area contributed by atoms with E-state index in [1.165, 1.54) is 6.07 Å². The number of rotatable bonds is 9. The third-order valence-electron chi connectivity index (χ3n) is 4.36. The maximum Gasteiger partial charge on any atom is 0.203 e. The van der Waals surface area contributed by atoms with Crippen LogP contribution in [0.15, 0.2) is 30.3 Å². The Kier molecular flexibility index (Phi) is 7.07. The molecule has 0 heterocycles. The Balaban J connectivity index is 2.07. The molecule has 0 aliphatic carbocycles. The monoisotopic (exact) mass is 356 g/mol. The van der Waals surface area contributed by atoms with Crippen LogP contribution in [0.2, 0.25) is 0 Å². The topological polar surface area (TPSA) is 66.8 Å². The zero-order valence-corrected chi connectivity index (χ0v) is 15.8. The zero-order valence-electron chi connectivity index (χ0n) is 15.8. The molecule has 0 spiro atoms. The summed E-state index contributed by atoms with van der Waals surface area (Å²) in [4.78, 5) is 12.5. The van der Waals surface area contributed by atoms with Crippen molar-refractivity contribution < 1.29 is 19.7 Å². The van der Waals surface area contributed by atoms with Crippen molar-refractivity contribution in [2.45, 2.75) is 52.9 Å². The van der Waals surface area contributed by atoms with Crippen molar-refractivity contribution in [2.24, 2.45) is 0 Å². The Morgan fingerprint density at radius 2 is 1.62 bits per heavy atom. The van der Waals surface area contributed by atoms with Crippen LogP contribution in [0, 0.1) is 13.8 Å². The highest BCUT2D eigenvalue weighted by Crippen LogP contribution is 2.29. The lowest BCUT2D eigenvalue weighted by molar-refractivity contribution is 0.0918. The summed E-state index contributed by atoms with van der Waals surface area (Å²) in [5.74, 6) is 0.144. The molecule has 0 amide bonds. The van der Waals surface area contributed by atoms with E-state index in [1.807, 2.05) is 32.0 Å². The number of ketones is 1. The van der Waals surface area contributed by atoms with Gasteiger partial charge in [-0.25, -0.2) is 0 Å². The molecule has 0 fully saturated rings. The first-order valence-electron chi connectivity index (χ1n) is 9.20. The first kappa shape index (κ1) is 19.8. The highest BCUT2D eigenvalue weighted by atomic mass is 16.5. The molecule has 0 aliphatic rings. The van der Waals surface area contributed by atoms with Gasteiger partial charge in [-0.1, -0.05) is 32.3 Å². The van der Waals surface area contributed by atoms with E-state index in [0.717, 1.165) is 36.8 Å². The number of hydrogen-bond donors (Lipinski definition) is 2. The molecule has 0 bridgehead atoms. The van der Waals surface area contributed by atoms with E-state index < -0.39 is 0 Å². The summed E-state index contributed by atoms with van der Waals surface area (Å²) in [5, 5.41) is 20.1. The van der Waals surface area contributed by atoms with E-state index in [1.54, 1.807) is 6.07 Å². The number of benzene rings is 2. The van der Waals surface area contributed by atoms with Crippen LogP contribution in [0.4, 0.5) is 0 Å². The normalized spacial score (nSPS) is 10.7. The van der Waals surface area contributed by atoms with Crippen LogP contribution >= 0.6 is 0 Å². The molecule has 0 aliphatic heterocycles. The second-order valence-corrected chi connectivity index (χ2v) is 6.84. The molecule has 0 saturated carbocycles. The van der Waals surface area contributed by atoms with Gasteiger partial charge in [0.2, 0.25) is 5.78 Å². The van der Waals surface area contributed by atoms with Crippen LogP contribution in [0.1, 0.15) is 59.7 Å². The van der Waals surface area contributed by atoms with E-state index >= 15 is 0 Å². The van der Waals surface area contributed by atoms with Crippen molar-refractivity contribution in [3.63, 3.8) is 0 Å². The van der Waals surface area contributed by atoms with Crippen LogP contribution < -0.4 is 4.74 Å². The van der Waals surface area contributed by atoms with Gasteiger partial charge in [0, 0.05) is 6.07 Å². The van der Waals surface area contributed by atoms with Crippen LogP contribution in [-0.4, -0.2) is 22.6 Å². The minimum Gasteiger partial charge on any atom is -0.508 e. The average Bonchev–Trinajstić information content (AvgIpc) is 2.57. The van der Waals surface area contributed by atoms with E-state index in [9.17, 15) is 15.0 Å². The van der Waals surface area contributed by atoms with Crippen molar-refractivity contribution in [2.75, 3.05) is 6.61 Å². The molecular formula is C22H28O4. The van der Waals surface area contributed by atoms with Gasteiger partial charge in [-0.05, 0) is 61.6 Å². The largest absolute Gasteiger partial charge is 0.508 e. The van der Waals surface area contributed by atoms with Gasteiger partial charge in [0.05, 0.1) is 5.56 Å². The molecule has 0 radical (unpaired) electrons. The quantitative estimate of drug-likeness (QED) is 0.484. The summed E-state index contributed by atoms with van der Waals surface area (Å²) in [5.41, 5.74) is 3.01. The molecule has 2 rings (SSSR count). The van der Waals surface area contributed by atoms with Crippen LogP contribution in [0.25, 0.3) is 0 Å². The number of unbranched alkanes of at least 4 members (excludes halogenated alkanes) is 3. The van der Waals surface area contributed by atoms with Crippen molar-refractivity contribution in [1.29, 1.82) is 0 Å². The predicted molar refractivity (Wildman–Crippen MR) is 103 cm³/mol. The van der Waals surface area contributed by atoms with Gasteiger partial charge in [-0.2, -0.15) is 0 Å². The molecule has 4 heteroatoms. The van der Waals surface area contributed by atoms with Crippen LogP contribution in [-0.2, 0) is 6.42 Å². The van der Waals surface area contributed by atoms with Gasteiger partial charge in [-0.15, -0.1) is 0 Å². The van der Waals surface area contributed by atoms with Crippen molar-refractivity contribution in [1.82, 2.24) is 0 Å². The number of ether oxygens (including phenoxy) is 1. The number of carbonyl (C=O) groups is 1. The highest BCUT2D eigenvalue weighted by molar-refractivity contribution is 6.00. The Bertz CT molecular complexity index is 745. The van der Waals surface area contributed by atoms with E-state index in [0.29, 0.717) is 17.7 Å². The second-order valence-electron chi connectivity index (χ2n) is 6.84. The lowest BCUT2D eigenvalue weighted by atomic mass is 10.0.